The molecule has 0 bridgehead atoms. The summed E-state index contributed by atoms with van der Waals surface area (Å²) in [6.45, 7) is 24.7. The Balaban J connectivity index is 0.000000185. The van der Waals surface area contributed by atoms with Crippen LogP contribution in [-0.2, 0) is 73.1 Å². The molecule has 4 aromatic heterocycles. The van der Waals surface area contributed by atoms with Crippen LogP contribution in [0, 0.1) is 3.57 Å². The molecule has 1 unspecified atom stereocenters. The van der Waals surface area contributed by atoms with E-state index in [0.29, 0.717) is 49.9 Å². The van der Waals surface area contributed by atoms with Crippen LogP contribution >= 0.6 is 59.8 Å². The number of hydrogen-bond donors (Lipinski definition) is 1. The van der Waals surface area contributed by atoms with E-state index in [2.05, 4.69) is 179 Å². The third-order valence-electron chi connectivity index (χ3n) is 22.5. The number of nitrogens with zero attached hydrogens (tertiary/aromatic N) is 16. The SMILES string of the molecule is C=[C](C)[Sn]([CH2]CCC)([CH2]CCC)[CH2]CCC.CC(=O)c1cccc2c1CCN1C(=O)CN=C(c3ccn(C)n3)C=C21.CC(C)c1cccc2c1CCN1C(=O)CN=C(c3ccn(C)n3)C=C21.CC(O)c1cccc2c1CCN1C(=O)CN=C(c3ccn(C)n3)C=C21.Cn1ccc(C2=NCC(=O)N3CCc4c(I)cccc4C3=C2)n1.II.[B].[H-].[Na+]. The first-order valence-corrected chi connectivity index (χ1v) is 55.1. The molecule has 22 nitrogen and oxygen atoms in total. The minimum atomic E-state index is -1.94. The van der Waals surface area contributed by atoms with Crippen LogP contribution in [0.5, 0.6) is 0 Å². The van der Waals surface area contributed by atoms with Gasteiger partial charge >= 0.3 is 138 Å². The number of carbonyl (C=O) groups is 5. The number of Topliss-reactive ketones (excluding diaryl/α,β-unsaturated/α-hetero) is 1. The molecule has 118 heavy (non-hydrogen) atoms. The van der Waals surface area contributed by atoms with Crippen LogP contribution in [-0.4, -0.2) is 195 Å². The van der Waals surface area contributed by atoms with Gasteiger partial charge in [-0.05, 0) is 156 Å². The van der Waals surface area contributed by atoms with Crippen LogP contribution in [0.2, 0.25) is 13.3 Å². The van der Waals surface area contributed by atoms with Gasteiger partial charge in [0, 0.05) is 156 Å². The minimum Gasteiger partial charge on any atom is -1.00 e. The number of aliphatic hydroxyl groups excluding tert-OH is 1. The Bertz CT molecular complexity index is 5110. The number of aryl methyl sites for hydroxylation is 4. The zero-order chi connectivity index (χ0) is 83.1. The number of fused-ring (bicyclic) bond motifs is 12. The first-order chi connectivity index (χ1) is 55.9. The fourth-order valence-electron chi connectivity index (χ4n) is 16.3. The van der Waals surface area contributed by atoms with Crippen LogP contribution in [0.25, 0.3) is 22.8 Å². The average molecular weight is 2040 g/mol. The third kappa shape index (κ3) is 22.3. The zero-order valence-corrected chi connectivity index (χ0v) is 81.7. The van der Waals surface area contributed by atoms with Crippen molar-refractivity contribution in [1.82, 2.24) is 58.7 Å². The molecule has 8 aliphatic heterocycles. The van der Waals surface area contributed by atoms with Crippen molar-refractivity contribution in [1.29, 1.82) is 0 Å². The van der Waals surface area contributed by atoms with Gasteiger partial charge in [-0.3, -0.25) is 62.7 Å². The molecule has 4 amide bonds. The molecule has 0 fully saturated rings. The third-order valence-corrected chi connectivity index (χ3v) is 39.9. The molecule has 16 rings (SSSR count). The predicted molar refractivity (Wildman–Crippen MR) is 500 cm³/mol. The fraction of sp³-hybridized carbons (Fsp3) is 0.389. The quantitative estimate of drug-likeness (QED) is 0.0514. The minimum absolute atomic E-state index is 0. The molecule has 0 saturated heterocycles. The molecule has 1 atom stereocenters. The van der Waals surface area contributed by atoms with E-state index in [1.807, 2.05) is 154 Å². The van der Waals surface area contributed by atoms with E-state index in [1.165, 1.54) is 58.8 Å². The zero-order valence-electron chi connectivity index (χ0n) is 71.4. The Morgan fingerprint density at radius 3 is 1.07 bits per heavy atom. The Hall–Kier alpha value is -7.34. The molecule has 1 N–H and O–H groups in total. The number of unbranched alkanes of at least 4 members (excludes halogenated alkanes) is 3. The molecule has 28 heteroatoms. The molecule has 0 aliphatic carbocycles. The summed E-state index contributed by atoms with van der Waals surface area (Å²) >= 11 is 4.66. The van der Waals surface area contributed by atoms with Gasteiger partial charge in [-0.2, -0.15) is 20.4 Å². The number of aliphatic hydroxyl groups is 1. The van der Waals surface area contributed by atoms with Crippen molar-refractivity contribution in [3.63, 3.8) is 0 Å². The Kier molecular flexibility index (Phi) is 35.2. The second kappa shape index (κ2) is 43.9. The molecule has 3 radical (unpaired) electrons. The number of hydrogen-bond acceptors (Lipinski definition) is 14. The van der Waals surface area contributed by atoms with Crippen molar-refractivity contribution in [2.24, 2.45) is 48.2 Å². The summed E-state index contributed by atoms with van der Waals surface area (Å²) in [4.78, 5) is 87.4. The number of carbonyl (C=O) groups excluding carboxylic acids is 5. The molecule has 613 valence electrons. The van der Waals surface area contributed by atoms with Crippen LogP contribution in [0.1, 0.15) is 196 Å². The Morgan fingerprint density at radius 1 is 0.466 bits per heavy atom. The molecular weight excluding hydrogens is 1930 g/mol. The monoisotopic (exact) mass is 2040 g/mol. The van der Waals surface area contributed by atoms with Gasteiger partial charge in [0.1, 0.15) is 49.0 Å². The van der Waals surface area contributed by atoms with Gasteiger partial charge in [-0.15, -0.1) is 0 Å². The summed E-state index contributed by atoms with van der Waals surface area (Å²) in [6.07, 6.45) is 26.5. The van der Waals surface area contributed by atoms with Crippen LogP contribution in [0.4, 0.5) is 0 Å². The maximum absolute atomic E-state index is 12.6. The predicted octanol–water partition coefficient (Wildman–Crippen LogP) is 13.0. The topological polar surface area (TPSA) is 239 Å². The van der Waals surface area contributed by atoms with Crippen molar-refractivity contribution in [2.45, 2.75) is 145 Å². The van der Waals surface area contributed by atoms with Crippen molar-refractivity contribution < 1.29 is 60.1 Å². The van der Waals surface area contributed by atoms with E-state index in [-0.39, 0.29) is 95.0 Å². The van der Waals surface area contributed by atoms with Gasteiger partial charge in [0.05, 0.1) is 51.7 Å². The van der Waals surface area contributed by atoms with Crippen LogP contribution in [0.15, 0.2) is 176 Å². The van der Waals surface area contributed by atoms with E-state index >= 15 is 0 Å². The van der Waals surface area contributed by atoms with Gasteiger partial charge in [-0.25, -0.2) is 0 Å². The average Bonchev–Trinajstić information content (AvgIpc) is 1.77. The van der Waals surface area contributed by atoms with Crippen molar-refractivity contribution in [2.75, 3.05) is 52.4 Å². The number of ketones is 1. The standard InChI is InChI=1S/C20H22N4O.C19H20N4O2.C19H18N4O2.C17H15IN4O.3C4H9.C3H5.B.I2.Na.Sn.H/c1-13(2)14-5-4-6-16-15(14)7-10-24-19(16)11-18(21-12-20(24)25)17-8-9-23(3)22-17;2*1-12(24)13-4-3-5-15-14(13)6-9-23-18(15)10-17(20-11-19(23)25)16-7-8-22(2)21-16;1-21-7-6-14(20-21)15-9-16-12-3-2-4-13(18)11(12)5-8-22(16)17(23)10-19-15;3*1-3-4-2;1-3-2;;1-2;;;/h4-6,8-9,11,13H,7,10,12H2,1-3H3;3-5,7-8,10,12,24H,6,9,11H2,1-2H3;3-5,7-8,10H,6,9,11H2,1-2H3;2-4,6-7,9H,5,8,10H2,1H3;3*1,3-4H2,2H3;1H2,2H3;;;;;/q;;;;;;;;;;+1;;-1. The number of aromatic nitrogens is 8. The summed E-state index contributed by atoms with van der Waals surface area (Å²) < 4.78 is 14.5. The number of benzene rings is 4. The van der Waals surface area contributed by atoms with Crippen LogP contribution in [0.3, 0.4) is 0 Å². The first-order valence-electron chi connectivity index (χ1n) is 40.3. The second-order valence-corrected chi connectivity index (χ2v) is 45.9. The first kappa shape index (κ1) is 94.5. The van der Waals surface area contributed by atoms with E-state index in [0.717, 1.165) is 121 Å². The number of amides is 4. The molecule has 0 saturated carbocycles. The molecule has 4 aromatic carbocycles. The number of aliphatic imine (C=N–C) groups is 4. The Morgan fingerprint density at radius 2 is 0.763 bits per heavy atom. The largest absolute Gasteiger partial charge is 1.00 e. The normalized spacial score (nSPS) is 15.9. The summed E-state index contributed by atoms with van der Waals surface area (Å²) in [5, 5.41) is 27.8. The molecule has 8 aromatic rings. The van der Waals surface area contributed by atoms with Gasteiger partial charge in [0.2, 0.25) is 23.6 Å². The number of rotatable bonds is 17. The van der Waals surface area contributed by atoms with E-state index in [4.69, 9.17) is 0 Å². The smallest absolute Gasteiger partial charge is 1.00 e. The molecule has 0 spiro atoms. The molecule has 8 aliphatic rings. The Labute approximate surface area is 761 Å². The van der Waals surface area contributed by atoms with Crippen molar-refractivity contribution in [3.8, 4) is 0 Å². The van der Waals surface area contributed by atoms with Gasteiger partial charge in [0.15, 0.2) is 5.78 Å². The molecular formula is C90H108BI3N16NaO6Sn. The maximum atomic E-state index is 12.6. The summed E-state index contributed by atoms with van der Waals surface area (Å²) in [7, 11) is 7.47. The number of allylic oxidation sites excluding steroid dienone is 5. The van der Waals surface area contributed by atoms with E-state index in [9.17, 15) is 29.1 Å². The van der Waals surface area contributed by atoms with E-state index in [1.54, 1.807) is 59.3 Å². The van der Waals surface area contributed by atoms with Crippen LogP contribution < -0.4 is 29.6 Å². The maximum Gasteiger partial charge on any atom is 1.00 e. The van der Waals surface area contributed by atoms with Gasteiger partial charge < -0.3 is 26.1 Å². The number of halogens is 3. The fourth-order valence-corrected chi connectivity index (χ4v) is 31.7. The molecule has 12 heterocycles. The van der Waals surface area contributed by atoms with Gasteiger partial charge in [0.25, 0.3) is 0 Å². The summed E-state index contributed by atoms with van der Waals surface area (Å²) in [5.74, 6) is 0.572. The van der Waals surface area contributed by atoms with Crippen molar-refractivity contribution in [3.05, 3.63) is 244 Å². The summed E-state index contributed by atoms with van der Waals surface area (Å²) in [6, 6.07) is 31.9. The van der Waals surface area contributed by atoms with Gasteiger partial charge in [-0.1, -0.05) is 80.6 Å². The van der Waals surface area contributed by atoms with E-state index < -0.39 is 24.5 Å². The summed E-state index contributed by atoms with van der Waals surface area (Å²) in [5.41, 5.74) is 21.6. The second-order valence-electron chi connectivity index (χ2n) is 30.7. The van der Waals surface area contributed by atoms with Crippen molar-refractivity contribution >= 4 is 162 Å².